The third-order valence-electron chi connectivity index (χ3n) is 2.50. The third kappa shape index (κ3) is 1.46. The largest absolute Gasteiger partial charge is 0.497 e. The van der Waals surface area contributed by atoms with Crippen molar-refractivity contribution in [1.82, 2.24) is 0 Å². The summed E-state index contributed by atoms with van der Waals surface area (Å²) in [6.45, 7) is 0. The summed E-state index contributed by atoms with van der Waals surface area (Å²) in [7, 11) is 1.37. The second-order valence-corrected chi connectivity index (χ2v) is 3.51. The fourth-order valence-corrected chi connectivity index (χ4v) is 1.58. The van der Waals surface area contributed by atoms with Gasteiger partial charge >= 0.3 is 0 Å². The summed E-state index contributed by atoms with van der Waals surface area (Å²) in [5.74, 6) is -1.11. The van der Waals surface area contributed by atoms with Gasteiger partial charge in [-0.05, 0) is 6.42 Å². The van der Waals surface area contributed by atoms with Crippen LogP contribution in [-0.2, 0) is 0 Å². The van der Waals surface area contributed by atoms with Crippen LogP contribution in [-0.4, -0.2) is 13.2 Å². The Morgan fingerprint density at radius 2 is 1.86 bits per heavy atom. The molecule has 0 spiro atoms. The molecule has 0 bridgehead atoms. The molecule has 0 aromatic heterocycles. The minimum Gasteiger partial charge on any atom is -0.497 e. The number of rotatable bonds is 2. The van der Waals surface area contributed by atoms with E-state index in [4.69, 9.17) is 10.5 Å². The van der Waals surface area contributed by atoms with Gasteiger partial charge in [-0.3, -0.25) is 0 Å². The van der Waals surface area contributed by atoms with Gasteiger partial charge in [0.05, 0.1) is 7.11 Å². The normalized spacial score (nSPS) is 24.9. The number of halogens is 2. The first-order valence-electron chi connectivity index (χ1n) is 4.42. The number of ether oxygens (including phenoxy) is 1. The average Bonchev–Trinajstić information content (AvgIpc) is 2.81. The van der Waals surface area contributed by atoms with Crippen molar-refractivity contribution >= 4 is 0 Å². The number of hydrogen-bond acceptors (Lipinski definition) is 2. The smallest absolute Gasteiger partial charge is 0.133 e. The summed E-state index contributed by atoms with van der Waals surface area (Å²) in [5, 5.41) is 0. The molecule has 2 rings (SSSR count). The Labute approximate surface area is 80.7 Å². The number of benzene rings is 1. The predicted octanol–water partition coefficient (Wildman–Crippen LogP) is 1.79. The second kappa shape index (κ2) is 3.20. The van der Waals surface area contributed by atoms with E-state index < -0.39 is 11.6 Å². The van der Waals surface area contributed by atoms with Gasteiger partial charge in [0.1, 0.15) is 17.4 Å². The average molecular weight is 199 g/mol. The van der Waals surface area contributed by atoms with E-state index in [1.165, 1.54) is 19.2 Å². The van der Waals surface area contributed by atoms with Gasteiger partial charge in [-0.1, -0.05) is 0 Å². The highest BCUT2D eigenvalue weighted by atomic mass is 19.1. The molecule has 4 heteroatoms. The molecule has 1 fully saturated rings. The van der Waals surface area contributed by atoms with Crippen LogP contribution in [0, 0.1) is 11.6 Å². The molecule has 0 aliphatic heterocycles. The van der Waals surface area contributed by atoms with Crippen LogP contribution in [0.4, 0.5) is 8.78 Å². The number of nitrogens with two attached hydrogens (primary N) is 1. The van der Waals surface area contributed by atoms with Crippen molar-refractivity contribution in [2.24, 2.45) is 5.73 Å². The molecule has 0 amide bonds. The van der Waals surface area contributed by atoms with Crippen LogP contribution >= 0.6 is 0 Å². The molecule has 1 aliphatic rings. The molecule has 0 unspecified atom stereocenters. The Morgan fingerprint density at radius 1 is 1.36 bits per heavy atom. The number of methoxy groups -OCH3 is 1. The van der Waals surface area contributed by atoms with Crippen LogP contribution in [0.25, 0.3) is 0 Å². The molecule has 2 N–H and O–H groups in total. The highest BCUT2D eigenvalue weighted by molar-refractivity contribution is 5.36. The monoisotopic (exact) mass is 199 g/mol. The molecule has 0 radical (unpaired) electrons. The third-order valence-corrected chi connectivity index (χ3v) is 2.50. The maximum absolute atomic E-state index is 13.4. The lowest BCUT2D eigenvalue weighted by atomic mass is 10.1. The summed E-state index contributed by atoms with van der Waals surface area (Å²) in [6.07, 6.45) is 0.653. The van der Waals surface area contributed by atoms with Crippen molar-refractivity contribution in [2.45, 2.75) is 18.4 Å². The van der Waals surface area contributed by atoms with E-state index in [0.29, 0.717) is 6.42 Å². The highest BCUT2D eigenvalue weighted by Gasteiger charge is 2.39. The molecule has 0 heterocycles. The van der Waals surface area contributed by atoms with Crippen molar-refractivity contribution in [3.05, 3.63) is 29.3 Å². The van der Waals surface area contributed by atoms with Gasteiger partial charge in [-0.25, -0.2) is 8.78 Å². The van der Waals surface area contributed by atoms with Crippen LogP contribution in [0.3, 0.4) is 0 Å². The summed E-state index contributed by atoms with van der Waals surface area (Å²) in [5.41, 5.74) is 5.64. The maximum Gasteiger partial charge on any atom is 0.133 e. The van der Waals surface area contributed by atoms with Gasteiger partial charge in [-0.2, -0.15) is 0 Å². The molecule has 2 atom stereocenters. The Kier molecular flexibility index (Phi) is 2.15. The maximum atomic E-state index is 13.4. The van der Waals surface area contributed by atoms with E-state index in [1.807, 2.05) is 0 Å². The number of hydrogen-bond donors (Lipinski definition) is 1. The fraction of sp³-hybridized carbons (Fsp3) is 0.400. The topological polar surface area (TPSA) is 35.2 Å². The van der Waals surface area contributed by atoms with Crippen molar-refractivity contribution in [3.63, 3.8) is 0 Å². The lowest BCUT2D eigenvalue weighted by molar-refractivity contribution is 0.405. The molecule has 1 aromatic rings. The Morgan fingerprint density at radius 3 is 2.21 bits per heavy atom. The molecule has 1 saturated carbocycles. The first kappa shape index (κ1) is 9.40. The zero-order chi connectivity index (χ0) is 10.3. The van der Waals surface area contributed by atoms with E-state index in [-0.39, 0.29) is 23.3 Å². The summed E-state index contributed by atoms with van der Waals surface area (Å²) >= 11 is 0. The van der Waals surface area contributed by atoms with Gasteiger partial charge < -0.3 is 10.5 Å². The molecule has 0 saturated heterocycles. The molecule has 2 nitrogen and oxygen atoms in total. The zero-order valence-corrected chi connectivity index (χ0v) is 7.76. The SMILES string of the molecule is COc1cc(F)c([C@@H]2C[C@H]2N)c(F)c1. The van der Waals surface area contributed by atoms with E-state index in [2.05, 4.69) is 0 Å². The van der Waals surface area contributed by atoms with Crippen molar-refractivity contribution in [1.29, 1.82) is 0 Å². The van der Waals surface area contributed by atoms with Gasteiger partial charge in [-0.15, -0.1) is 0 Å². The lowest BCUT2D eigenvalue weighted by Gasteiger charge is -2.06. The minimum atomic E-state index is -0.570. The highest BCUT2D eigenvalue weighted by Crippen LogP contribution is 2.42. The Balaban J connectivity index is 2.40. The molecule has 14 heavy (non-hydrogen) atoms. The fourth-order valence-electron chi connectivity index (χ4n) is 1.58. The summed E-state index contributed by atoms with van der Waals surface area (Å²) in [4.78, 5) is 0. The lowest BCUT2D eigenvalue weighted by Crippen LogP contribution is -2.04. The molecular formula is C10H11F2NO. The molecule has 76 valence electrons. The Hall–Kier alpha value is -1.16. The first-order valence-corrected chi connectivity index (χ1v) is 4.42. The Bertz CT molecular complexity index is 344. The standard InChI is InChI=1S/C10H11F2NO/c1-14-5-2-7(11)10(8(12)3-5)6-4-9(6)13/h2-3,6,9H,4,13H2,1H3/t6-,9-/m1/s1. The van der Waals surface area contributed by atoms with Crippen molar-refractivity contribution < 1.29 is 13.5 Å². The van der Waals surface area contributed by atoms with Gasteiger partial charge in [0, 0.05) is 29.7 Å². The van der Waals surface area contributed by atoms with Crippen LogP contribution in [0.2, 0.25) is 0 Å². The van der Waals surface area contributed by atoms with Gasteiger partial charge in [0.2, 0.25) is 0 Å². The van der Waals surface area contributed by atoms with E-state index in [9.17, 15) is 8.78 Å². The predicted molar refractivity (Wildman–Crippen MR) is 48.2 cm³/mol. The van der Waals surface area contributed by atoms with Gasteiger partial charge in [0.25, 0.3) is 0 Å². The quantitative estimate of drug-likeness (QED) is 0.788. The van der Waals surface area contributed by atoms with E-state index >= 15 is 0 Å². The molecule has 1 aliphatic carbocycles. The van der Waals surface area contributed by atoms with Gasteiger partial charge in [0.15, 0.2) is 0 Å². The van der Waals surface area contributed by atoms with Crippen molar-refractivity contribution in [2.75, 3.05) is 7.11 Å². The van der Waals surface area contributed by atoms with Crippen molar-refractivity contribution in [3.8, 4) is 5.75 Å². The van der Waals surface area contributed by atoms with E-state index in [0.717, 1.165) is 0 Å². The van der Waals surface area contributed by atoms with Crippen LogP contribution in [0.15, 0.2) is 12.1 Å². The summed E-state index contributed by atoms with van der Waals surface area (Å²) < 4.78 is 31.5. The van der Waals surface area contributed by atoms with Crippen LogP contribution in [0.5, 0.6) is 5.75 Å². The minimum absolute atomic E-state index is 0.0956. The van der Waals surface area contributed by atoms with Crippen LogP contribution < -0.4 is 10.5 Å². The molecule has 1 aromatic carbocycles. The first-order chi connectivity index (χ1) is 6.63. The zero-order valence-electron chi connectivity index (χ0n) is 7.76. The van der Waals surface area contributed by atoms with E-state index in [1.54, 1.807) is 0 Å². The summed E-state index contributed by atoms with van der Waals surface area (Å²) in [6, 6.07) is 2.26. The van der Waals surface area contributed by atoms with Crippen LogP contribution in [0.1, 0.15) is 17.9 Å². The molecular weight excluding hydrogens is 188 g/mol. The second-order valence-electron chi connectivity index (χ2n) is 3.51.